The maximum absolute atomic E-state index is 13.6. The summed E-state index contributed by atoms with van der Waals surface area (Å²) in [5.41, 5.74) is 0.946. The van der Waals surface area contributed by atoms with Gasteiger partial charge in [0.05, 0.1) is 17.1 Å². The summed E-state index contributed by atoms with van der Waals surface area (Å²) in [6, 6.07) is 10.4. The highest BCUT2D eigenvalue weighted by Crippen LogP contribution is 2.32. The summed E-state index contributed by atoms with van der Waals surface area (Å²) < 4.78 is 20.0. The number of halogens is 2. The Morgan fingerprint density at radius 1 is 1.24 bits per heavy atom. The molecule has 2 aromatic carbocycles. The standard InChI is InChI=1S/C16H10BrFO2S/c1-20-14-7-13(18)12(17)6-10(14)16(19)11-8-21-15-5-3-2-4-9(11)15/h2-8H,1H3. The maximum atomic E-state index is 13.6. The molecule has 0 aliphatic carbocycles. The first-order valence-electron chi connectivity index (χ1n) is 6.16. The van der Waals surface area contributed by atoms with Gasteiger partial charge in [-0.2, -0.15) is 0 Å². The quantitative estimate of drug-likeness (QED) is 0.608. The molecule has 0 unspecified atom stereocenters. The van der Waals surface area contributed by atoms with Gasteiger partial charge in [-0.15, -0.1) is 11.3 Å². The Bertz CT molecular complexity index is 841. The normalized spacial score (nSPS) is 10.8. The Labute approximate surface area is 133 Å². The number of carbonyl (C=O) groups is 1. The minimum Gasteiger partial charge on any atom is -0.496 e. The van der Waals surface area contributed by atoms with Crippen molar-refractivity contribution in [3.05, 3.63) is 63.2 Å². The van der Waals surface area contributed by atoms with Crippen LogP contribution in [0.2, 0.25) is 0 Å². The zero-order valence-corrected chi connectivity index (χ0v) is 13.4. The Morgan fingerprint density at radius 2 is 2.00 bits per heavy atom. The van der Waals surface area contributed by atoms with Crippen molar-refractivity contribution >= 4 is 43.1 Å². The van der Waals surface area contributed by atoms with E-state index in [0.29, 0.717) is 11.1 Å². The first-order valence-corrected chi connectivity index (χ1v) is 7.83. The summed E-state index contributed by atoms with van der Waals surface area (Å²) in [5.74, 6) is -0.403. The monoisotopic (exact) mass is 364 g/mol. The number of rotatable bonds is 3. The molecule has 5 heteroatoms. The van der Waals surface area contributed by atoms with Gasteiger partial charge < -0.3 is 4.74 Å². The summed E-state index contributed by atoms with van der Waals surface area (Å²) in [6.45, 7) is 0. The molecule has 0 spiro atoms. The molecule has 0 N–H and O–H groups in total. The van der Waals surface area contributed by atoms with Crippen LogP contribution in [0.5, 0.6) is 5.75 Å². The average Bonchev–Trinajstić information content (AvgIpc) is 2.92. The van der Waals surface area contributed by atoms with E-state index in [1.165, 1.54) is 30.6 Å². The molecular formula is C16H10BrFO2S. The number of methoxy groups -OCH3 is 1. The number of hydrogen-bond acceptors (Lipinski definition) is 3. The zero-order chi connectivity index (χ0) is 15.0. The van der Waals surface area contributed by atoms with Crippen LogP contribution in [-0.2, 0) is 0 Å². The molecule has 106 valence electrons. The lowest BCUT2D eigenvalue weighted by molar-refractivity contribution is 0.103. The first kappa shape index (κ1) is 14.2. The average molecular weight is 365 g/mol. The zero-order valence-electron chi connectivity index (χ0n) is 11.0. The molecule has 0 saturated heterocycles. The third-order valence-electron chi connectivity index (χ3n) is 3.21. The van der Waals surface area contributed by atoms with Crippen molar-refractivity contribution in [2.45, 2.75) is 0 Å². The van der Waals surface area contributed by atoms with Gasteiger partial charge in [0, 0.05) is 27.1 Å². The molecule has 0 fully saturated rings. The minimum atomic E-state index is -0.460. The van der Waals surface area contributed by atoms with Gasteiger partial charge in [-0.25, -0.2) is 4.39 Å². The number of hydrogen-bond donors (Lipinski definition) is 0. The highest BCUT2D eigenvalue weighted by atomic mass is 79.9. The van der Waals surface area contributed by atoms with Gasteiger partial charge in [0.1, 0.15) is 11.6 Å². The topological polar surface area (TPSA) is 26.3 Å². The fraction of sp³-hybridized carbons (Fsp3) is 0.0625. The fourth-order valence-electron chi connectivity index (χ4n) is 2.17. The van der Waals surface area contributed by atoms with Crippen molar-refractivity contribution in [2.24, 2.45) is 0 Å². The van der Waals surface area contributed by atoms with Gasteiger partial charge in [0.2, 0.25) is 0 Å². The fourth-order valence-corrected chi connectivity index (χ4v) is 3.46. The summed E-state index contributed by atoms with van der Waals surface area (Å²) in [7, 11) is 1.42. The molecule has 2 nitrogen and oxygen atoms in total. The molecular weight excluding hydrogens is 355 g/mol. The van der Waals surface area contributed by atoms with Crippen LogP contribution in [0.15, 0.2) is 46.3 Å². The predicted octanol–water partition coefficient (Wildman–Crippen LogP) is 5.04. The highest BCUT2D eigenvalue weighted by Gasteiger charge is 2.20. The Balaban J connectivity index is 2.16. The first-order chi connectivity index (χ1) is 10.1. The van der Waals surface area contributed by atoms with Gasteiger partial charge in [0.25, 0.3) is 0 Å². The predicted molar refractivity (Wildman–Crippen MR) is 85.9 cm³/mol. The van der Waals surface area contributed by atoms with Crippen LogP contribution in [0.1, 0.15) is 15.9 Å². The van der Waals surface area contributed by atoms with Crippen LogP contribution in [0.3, 0.4) is 0 Å². The van der Waals surface area contributed by atoms with Crippen LogP contribution >= 0.6 is 27.3 Å². The molecule has 0 aliphatic rings. The molecule has 0 bridgehead atoms. The van der Waals surface area contributed by atoms with E-state index in [9.17, 15) is 9.18 Å². The Kier molecular flexibility index (Phi) is 3.78. The number of ketones is 1. The van der Waals surface area contributed by atoms with E-state index >= 15 is 0 Å². The number of thiophene rings is 1. The molecule has 0 aliphatic heterocycles. The largest absolute Gasteiger partial charge is 0.496 e. The van der Waals surface area contributed by atoms with Crippen LogP contribution in [0.4, 0.5) is 4.39 Å². The second-order valence-electron chi connectivity index (χ2n) is 4.44. The molecule has 0 amide bonds. The lowest BCUT2D eigenvalue weighted by atomic mass is 10.0. The van der Waals surface area contributed by atoms with E-state index in [4.69, 9.17) is 4.74 Å². The van der Waals surface area contributed by atoms with E-state index < -0.39 is 5.82 Å². The third kappa shape index (κ3) is 2.47. The molecule has 1 aromatic heterocycles. The van der Waals surface area contributed by atoms with Crippen molar-refractivity contribution in [1.29, 1.82) is 0 Å². The van der Waals surface area contributed by atoms with Crippen LogP contribution < -0.4 is 4.74 Å². The smallest absolute Gasteiger partial charge is 0.198 e. The lowest BCUT2D eigenvalue weighted by Crippen LogP contribution is -2.04. The maximum Gasteiger partial charge on any atom is 0.198 e. The van der Waals surface area contributed by atoms with Crippen molar-refractivity contribution in [3.8, 4) is 5.75 Å². The summed E-state index contributed by atoms with van der Waals surface area (Å²) in [6.07, 6.45) is 0. The molecule has 1 heterocycles. The number of benzene rings is 2. The highest BCUT2D eigenvalue weighted by molar-refractivity contribution is 9.10. The summed E-state index contributed by atoms with van der Waals surface area (Å²) in [5, 5.41) is 2.72. The summed E-state index contributed by atoms with van der Waals surface area (Å²) in [4.78, 5) is 12.7. The Morgan fingerprint density at radius 3 is 2.76 bits per heavy atom. The second kappa shape index (κ2) is 5.58. The van der Waals surface area contributed by atoms with E-state index in [1.54, 1.807) is 0 Å². The van der Waals surface area contributed by atoms with E-state index in [2.05, 4.69) is 15.9 Å². The molecule has 0 saturated carbocycles. The number of carbonyl (C=O) groups excluding carboxylic acids is 1. The van der Waals surface area contributed by atoms with Crippen LogP contribution in [0.25, 0.3) is 10.1 Å². The second-order valence-corrected chi connectivity index (χ2v) is 6.21. The van der Waals surface area contributed by atoms with E-state index in [-0.39, 0.29) is 16.0 Å². The van der Waals surface area contributed by atoms with Crippen LogP contribution in [0, 0.1) is 5.82 Å². The molecule has 0 radical (unpaired) electrons. The SMILES string of the molecule is COc1cc(F)c(Br)cc1C(=O)c1csc2ccccc12. The van der Waals surface area contributed by atoms with E-state index in [0.717, 1.165) is 10.1 Å². The third-order valence-corrected chi connectivity index (χ3v) is 4.78. The molecule has 3 aromatic rings. The number of fused-ring (bicyclic) bond motifs is 1. The lowest BCUT2D eigenvalue weighted by Gasteiger charge is -2.08. The van der Waals surface area contributed by atoms with Crippen molar-refractivity contribution < 1.29 is 13.9 Å². The molecule has 3 rings (SSSR count). The van der Waals surface area contributed by atoms with E-state index in [1.807, 2.05) is 29.6 Å². The van der Waals surface area contributed by atoms with Crippen LogP contribution in [-0.4, -0.2) is 12.9 Å². The van der Waals surface area contributed by atoms with Gasteiger partial charge in [-0.05, 0) is 28.1 Å². The van der Waals surface area contributed by atoms with Crippen molar-refractivity contribution in [3.63, 3.8) is 0 Å². The molecule has 0 atom stereocenters. The van der Waals surface area contributed by atoms with Gasteiger partial charge in [-0.3, -0.25) is 4.79 Å². The summed E-state index contributed by atoms with van der Waals surface area (Å²) >= 11 is 4.62. The van der Waals surface area contributed by atoms with Crippen molar-refractivity contribution in [2.75, 3.05) is 7.11 Å². The number of ether oxygens (including phenoxy) is 1. The molecule has 21 heavy (non-hydrogen) atoms. The van der Waals surface area contributed by atoms with Gasteiger partial charge in [0.15, 0.2) is 5.78 Å². The Hall–Kier alpha value is -1.72. The van der Waals surface area contributed by atoms with Gasteiger partial charge >= 0.3 is 0 Å². The van der Waals surface area contributed by atoms with Gasteiger partial charge in [-0.1, -0.05) is 18.2 Å². The van der Waals surface area contributed by atoms with Crippen molar-refractivity contribution in [1.82, 2.24) is 0 Å². The minimum absolute atomic E-state index is 0.176.